The summed E-state index contributed by atoms with van der Waals surface area (Å²) in [6.07, 6.45) is 9.12. The predicted molar refractivity (Wildman–Crippen MR) is 70.9 cm³/mol. The summed E-state index contributed by atoms with van der Waals surface area (Å²) in [7, 11) is 0. The van der Waals surface area contributed by atoms with E-state index in [9.17, 15) is 0 Å². The van der Waals surface area contributed by atoms with Crippen molar-refractivity contribution in [3.05, 3.63) is 17.7 Å². The summed E-state index contributed by atoms with van der Waals surface area (Å²) < 4.78 is 2.39. The molecule has 0 spiro atoms. The van der Waals surface area contributed by atoms with E-state index in [1.54, 1.807) is 0 Å². The van der Waals surface area contributed by atoms with Gasteiger partial charge >= 0.3 is 0 Å². The lowest BCUT2D eigenvalue weighted by atomic mass is 10.0. The minimum Gasteiger partial charge on any atom is -0.331 e. The van der Waals surface area contributed by atoms with Crippen LogP contribution in [-0.2, 0) is 13.1 Å². The van der Waals surface area contributed by atoms with E-state index in [-0.39, 0.29) is 0 Å². The van der Waals surface area contributed by atoms with E-state index < -0.39 is 0 Å². The molecule has 0 radical (unpaired) electrons. The van der Waals surface area contributed by atoms with Gasteiger partial charge in [0.1, 0.15) is 5.82 Å². The zero-order valence-corrected chi connectivity index (χ0v) is 11.2. The van der Waals surface area contributed by atoms with E-state index in [1.807, 2.05) is 6.20 Å². The molecule has 0 aromatic carbocycles. The molecule has 0 amide bonds. The molecule has 96 valence electrons. The topological polar surface area (TPSA) is 29.9 Å². The third-order valence-electron chi connectivity index (χ3n) is 3.93. The molecule has 3 nitrogen and oxygen atoms in total. The first-order valence-corrected chi connectivity index (χ1v) is 7.03. The SMILES string of the molecule is CCNCc1cnc(C)n1CCC1CCCC1. The Balaban J connectivity index is 1.90. The highest BCUT2D eigenvalue weighted by Gasteiger charge is 2.15. The second-order valence-corrected chi connectivity index (χ2v) is 5.17. The van der Waals surface area contributed by atoms with Crippen LogP contribution in [0, 0.1) is 12.8 Å². The van der Waals surface area contributed by atoms with Crippen LogP contribution in [0.25, 0.3) is 0 Å². The van der Waals surface area contributed by atoms with Crippen molar-refractivity contribution in [2.24, 2.45) is 5.92 Å². The van der Waals surface area contributed by atoms with E-state index in [0.29, 0.717) is 0 Å². The van der Waals surface area contributed by atoms with Crippen LogP contribution < -0.4 is 5.32 Å². The van der Waals surface area contributed by atoms with E-state index >= 15 is 0 Å². The van der Waals surface area contributed by atoms with Crippen molar-refractivity contribution in [3.8, 4) is 0 Å². The Morgan fingerprint density at radius 3 is 2.88 bits per heavy atom. The molecular weight excluding hydrogens is 210 g/mol. The van der Waals surface area contributed by atoms with Crippen LogP contribution >= 0.6 is 0 Å². The summed E-state index contributed by atoms with van der Waals surface area (Å²) >= 11 is 0. The number of hydrogen-bond donors (Lipinski definition) is 1. The van der Waals surface area contributed by atoms with Gasteiger partial charge in [0.25, 0.3) is 0 Å². The van der Waals surface area contributed by atoms with Crippen LogP contribution in [0.5, 0.6) is 0 Å². The number of rotatable bonds is 6. The highest BCUT2D eigenvalue weighted by Crippen LogP contribution is 2.28. The van der Waals surface area contributed by atoms with Gasteiger partial charge < -0.3 is 9.88 Å². The summed E-state index contributed by atoms with van der Waals surface area (Å²) in [4.78, 5) is 4.44. The Kier molecular flexibility index (Phi) is 4.60. The fourth-order valence-corrected chi connectivity index (χ4v) is 2.83. The van der Waals surface area contributed by atoms with E-state index in [1.165, 1.54) is 37.8 Å². The number of aryl methyl sites for hydroxylation is 1. The third-order valence-corrected chi connectivity index (χ3v) is 3.93. The Morgan fingerprint density at radius 1 is 1.41 bits per heavy atom. The molecule has 0 saturated heterocycles. The smallest absolute Gasteiger partial charge is 0.105 e. The first-order chi connectivity index (χ1) is 8.31. The molecule has 0 atom stereocenters. The number of nitrogens with one attached hydrogen (secondary N) is 1. The predicted octanol–water partition coefficient (Wildman–Crippen LogP) is 2.88. The lowest BCUT2D eigenvalue weighted by Crippen LogP contribution is -2.16. The Bertz CT molecular complexity index is 337. The summed E-state index contributed by atoms with van der Waals surface area (Å²) in [5.41, 5.74) is 1.34. The monoisotopic (exact) mass is 235 g/mol. The highest BCUT2D eigenvalue weighted by molar-refractivity contribution is 5.04. The Morgan fingerprint density at radius 2 is 2.18 bits per heavy atom. The minimum absolute atomic E-state index is 0.946. The lowest BCUT2D eigenvalue weighted by Gasteiger charge is -2.13. The summed E-state index contributed by atoms with van der Waals surface area (Å²) in [6, 6.07) is 0. The maximum absolute atomic E-state index is 4.44. The van der Waals surface area contributed by atoms with Crippen LogP contribution in [-0.4, -0.2) is 16.1 Å². The van der Waals surface area contributed by atoms with Crippen molar-refractivity contribution >= 4 is 0 Å². The van der Waals surface area contributed by atoms with Crippen molar-refractivity contribution in [1.29, 1.82) is 0 Å². The molecule has 17 heavy (non-hydrogen) atoms. The van der Waals surface area contributed by atoms with Crippen molar-refractivity contribution < 1.29 is 0 Å². The first kappa shape index (κ1) is 12.6. The standard InChI is InChI=1S/C14H25N3/c1-3-15-10-14-11-16-12(2)17(14)9-8-13-6-4-5-7-13/h11,13,15H,3-10H2,1-2H3. The van der Waals surface area contributed by atoms with Gasteiger partial charge in [0.2, 0.25) is 0 Å². The maximum atomic E-state index is 4.44. The normalized spacial score (nSPS) is 16.8. The van der Waals surface area contributed by atoms with Crippen LogP contribution in [0.2, 0.25) is 0 Å². The van der Waals surface area contributed by atoms with Crippen LogP contribution in [0.3, 0.4) is 0 Å². The fourth-order valence-electron chi connectivity index (χ4n) is 2.83. The van der Waals surface area contributed by atoms with Gasteiger partial charge in [-0.3, -0.25) is 0 Å². The van der Waals surface area contributed by atoms with Gasteiger partial charge in [0.15, 0.2) is 0 Å². The molecule has 1 aromatic rings. The zero-order chi connectivity index (χ0) is 12.1. The van der Waals surface area contributed by atoms with Crippen LogP contribution in [0.1, 0.15) is 50.5 Å². The molecule has 1 aliphatic rings. The molecule has 1 aliphatic carbocycles. The highest BCUT2D eigenvalue weighted by atomic mass is 15.1. The average Bonchev–Trinajstić information content (AvgIpc) is 2.94. The molecule has 1 fully saturated rings. The van der Waals surface area contributed by atoms with Crippen LogP contribution in [0.15, 0.2) is 6.20 Å². The van der Waals surface area contributed by atoms with Gasteiger partial charge in [0, 0.05) is 19.3 Å². The second kappa shape index (κ2) is 6.20. The van der Waals surface area contributed by atoms with Gasteiger partial charge in [-0.2, -0.15) is 0 Å². The molecule has 3 heteroatoms. The van der Waals surface area contributed by atoms with E-state index in [0.717, 1.165) is 31.4 Å². The molecule has 1 saturated carbocycles. The molecular formula is C14H25N3. The van der Waals surface area contributed by atoms with Crippen molar-refractivity contribution in [1.82, 2.24) is 14.9 Å². The molecule has 1 N–H and O–H groups in total. The number of nitrogens with zero attached hydrogens (tertiary/aromatic N) is 2. The Labute approximate surface area is 105 Å². The van der Waals surface area contributed by atoms with Crippen molar-refractivity contribution in [2.75, 3.05) is 6.54 Å². The van der Waals surface area contributed by atoms with Gasteiger partial charge in [0.05, 0.1) is 5.69 Å². The fraction of sp³-hybridized carbons (Fsp3) is 0.786. The zero-order valence-electron chi connectivity index (χ0n) is 11.2. The largest absolute Gasteiger partial charge is 0.331 e. The quantitative estimate of drug-likeness (QED) is 0.821. The first-order valence-electron chi connectivity index (χ1n) is 7.03. The van der Waals surface area contributed by atoms with Gasteiger partial charge in [-0.15, -0.1) is 0 Å². The van der Waals surface area contributed by atoms with Crippen LogP contribution in [0.4, 0.5) is 0 Å². The maximum Gasteiger partial charge on any atom is 0.105 e. The Hall–Kier alpha value is -0.830. The number of imidazole rings is 1. The molecule has 0 unspecified atom stereocenters. The molecule has 1 heterocycles. The van der Waals surface area contributed by atoms with E-state index in [4.69, 9.17) is 0 Å². The molecule has 1 aromatic heterocycles. The average molecular weight is 235 g/mol. The summed E-state index contributed by atoms with van der Waals surface area (Å²) in [5, 5.41) is 3.39. The van der Waals surface area contributed by atoms with Gasteiger partial charge in [-0.05, 0) is 25.8 Å². The lowest BCUT2D eigenvalue weighted by molar-refractivity contribution is 0.446. The minimum atomic E-state index is 0.946. The summed E-state index contributed by atoms with van der Waals surface area (Å²) in [5.74, 6) is 2.12. The van der Waals surface area contributed by atoms with Gasteiger partial charge in [-0.1, -0.05) is 32.6 Å². The summed E-state index contributed by atoms with van der Waals surface area (Å²) in [6.45, 7) is 7.38. The number of aromatic nitrogens is 2. The third kappa shape index (κ3) is 3.32. The van der Waals surface area contributed by atoms with Crippen molar-refractivity contribution in [3.63, 3.8) is 0 Å². The number of hydrogen-bond acceptors (Lipinski definition) is 2. The van der Waals surface area contributed by atoms with Gasteiger partial charge in [-0.25, -0.2) is 4.98 Å². The molecule has 0 aliphatic heterocycles. The van der Waals surface area contributed by atoms with E-state index in [2.05, 4.69) is 28.7 Å². The molecule has 2 rings (SSSR count). The molecule has 0 bridgehead atoms. The second-order valence-electron chi connectivity index (χ2n) is 5.17. The van der Waals surface area contributed by atoms with Crippen molar-refractivity contribution in [2.45, 2.75) is 59.0 Å².